The molecule has 0 saturated carbocycles. The van der Waals surface area contributed by atoms with Crippen LogP contribution < -0.4 is 14.5 Å². The molecule has 2 N–H and O–H groups in total. The van der Waals surface area contributed by atoms with Crippen molar-refractivity contribution < 1.29 is 14.9 Å². The topological polar surface area (TPSA) is 56.2 Å². The first-order valence-corrected chi connectivity index (χ1v) is 14.3. The Morgan fingerprint density at radius 2 is 1.00 bits per heavy atom. The van der Waals surface area contributed by atoms with Gasteiger partial charge in [0.05, 0.1) is 18.8 Å². The minimum Gasteiger partial charge on any atom is -0.494 e. The van der Waals surface area contributed by atoms with Gasteiger partial charge in [-0.3, -0.25) is 0 Å². The minimum atomic E-state index is -0.533. The third-order valence-corrected chi connectivity index (χ3v) is 8.63. The Balaban J connectivity index is 1.21. The molecule has 0 radical (unpaired) electrons. The number of hydrogen-bond donors (Lipinski definition) is 2. The molecule has 2 aliphatic heterocycles. The van der Waals surface area contributed by atoms with Crippen LogP contribution in [0.3, 0.4) is 0 Å². The maximum atomic E-state index is 11.7. The Kier molecular flexibility index (Phi) is 9.21. The zero-order chi connectivity index (χ0) is 26.2. The fraction of sp³-hybridized carbons (Fsp3) is 0.455. The normalized spacial score (nSPS) is 19.6. The lowest BCUT2D eigenvalue weighted by Crippen LogP contribution is -2.47. The molecule has 0 amide bonds. The fourth-order valence-corrected chi connectivity index (χ4v) is 6.35. The third-order valence-electron chi connectivity index (χ3n) is 8.63. The van der Waals surface area contributed by atoms with E-state index in [4.69, 9.17) is 4.74 Å². The summed E-state index contributed by atoms with van der Waals surface area (Å²) in [4.78, 5) is 4.82. The Bertz CT molecular complexity index is 1000. The van der Waals surface area contributed by atoms with Crippen molar-refractivity contribution in [2.24, 2.45) is 17.8 Å². The van der Waals surface area contributed by atoms with Gasteiger partial charge in [0.2, 0.25) is 0 Å². The molecule has 38 heavy (non-hydrogen) atoms. The zero-order valence-electron chi connectivity index (χ0n) is 22.3. The van der Waals surface area contributed by atoms with Gasteiger partial charge in [-0.2, -0.15) is 0 Å². The molecule has 202 valence electrons. The molecule has 5 heteroatoms. The van der Waals surface area contributed by atoms with E-state index >= 15 is 0 Å². The Labute approximate surface area is 227 Å². The van der Waals surface area contributed by atoms with Crippen LogP contribution in [0.2, 0.25) is 0 Å². The van der Waals surface area contributed by atoms with Crippen LogP contribution in [-0.2, 0) is 0 Å². The maximum Gasteiger partial charge on any atom is 0.119 e. The van der Waals surface area contributed by atoms with Crippen molar-refractivity contribution in [3.05, 3.63) is 91.0 Å². The Hall–Kier alpha value is -3.02. The monoisotopic (exact) mass is 514 g/mol. The molecule has 2 atom stereocenters. The molecule has 0 aromatic heterocycles. The molecule has 2 unspecified atom stereocenters. The van der Waals surface area contributed by atoms with Gasteiger partial charge in [-0.05, 0) is 80.3 Å². The van der Waals surface area contributed by atoms with E-state index < -0.39 is 12.2 Å². The van der Waals surface area contributed by atoms with Crippen molar-refractivity contribution in [1.82, 2.24) is 0 Å². The standard InChI is InChI=1S/C33H42N2O3/c36-32(26-16-21-34(22-17-26)28-10-4-1-5-11-28)31(20-25-38-30-14-8-3-9-15-30)33(37)27-18-23-35(24-19-27)29-12-6-2-7-13-29/h1-15,26-27,31-33,36-37H,16-25H2. The summed E-state index contributed by atoms with van der Waals surface area (Å²) in [5, 5.41) is 23.3. The van der Waals surface area contributed by atoms with Crippen molar-refractivity contribution in [3.8, 4) is 5.75 Å². The quantitative estimate of drug-likeness (QED) is 0.367. The van der Waals surface area contributed by atoms with Crippen LogP contribution in [0.5, 0.6) is 5.75 Å². The number of aliphatic hydroxyl groups is 2. The van der Waals surface area contributed by atoms with Crippen LogP contribution in [0, 0.1) is 17.8 Å². The smallest absolute Gasteiger partial charge is 0.119 e. The van der Waals surface area contributed by atoms with E-state index in [1.165, 1.54) is 11.4 Å². The van der Waals surface area contributed by atoms with Gasteiger partial charge in [0.25, 0.3) is 0 Å². The average Bonchev–Trinajstić information content (AvgIpc) is 3.00. The van der Waals surface area contributed by atoms with Gasteiger partial charge in [0.1, 0.15) is 5.75 Å². The number of hydrogen-bond acceptors (Lipinski definition) is 5. The third kappa shape index (κ3) is 6.69. The van der Waals surface area contributed by atoms with Crippen LogP contribution in [0.15, 0.2) is 91.0 Å². The van der Waals surface area contributed by atoms with E-state index in [9.17, 15) is 10.2 Å². The molecule has 2 fully saturated rings. The first kappa shape index (κ1) is 26.6. The predicted octanol–water partition coefficient (Wildman–Crippen LogP) is 5.63. The molecule has 5 rings (SSSR count). The van der Waals surface area contributed by atoms with E-state index in [0.29, 0.717) is 13.0 Å². The number of benzene rings is 3. The molecule has 0 aliphatic carbocycles. The first-order chi connectivity index (χ1) is 18.7. The molecule has 2 saturated heterocycles. The molecular formula is C33H42N2O3. The van der Waals surface area contributed by atoms with Gasteiger partial charge in [-0.1, -0.05) is 54.6 Å². The van der Waals surface area contributed by atoms with Gasteiger partial charge < -0.3 is 24.7 Å². The number of nitrogens with zero attached hydrogens (tertiary/aromatic N) is 2. The predicted molar refractivity (Wildman–Crippen MR) is 155 cm³/mol. The molecule has 2 aliphatic rings. The largest absolute Gasteiger partial charge is 0.494 e. The van der Waals surface area contributed by atoms with E-state index in [1.807, 2.05) is 42.5 Å². The van der Waals surface area contributed by atoms with Gasteiger partial charge in [0.15, 0.2) is 0 Å². The molecular weight excluding hydrogens is 472 g/mol. The summed E-state index contributed by atoms with van der Waals surface area (Å²) < 4.78 is 6.02. The van der Waals surface area contributed by atoms with Gasteiger partial charge in [-0.25, -0.2) is 0 Å². The molecule has 3 aromatic carbocycles. The highest BCUT2D eigenvalue weighted by Crippen LogP contribution is 2.35. The summed E-state index contributed by atoms with van der Waals surface area (Å²) in [5.74, 6) is 1.02. The lowest BCUT2D eigenvalue weighted by molar-refractivity contribution is -0.0583. The molecule has 2 heterocycles. The second-order valence-electron chi connectivity index (χ2n) is 10.9. The van der Waals surface area contributed by atoms with E-state index in [-0.39, 0.29) is 17.8 Å². The summed E-state index contributed by atoms with van der Waals surface area (Å²) in [6.07, 6.45) is 3.33. The van der Waals surface area contributed by atoms with Crippen LogP contribution in [0.25, 0.3) is 0 Å². The Morgan fingerprint density at radius 1 is 0.605 bits per heavy atom. The van der Waals surface area contributed by atoms with E-state index in [2.05, 4.69) is 58.3 Å². The summed E-state index contributed by atoms with van der Waals surface area (Å²) in [5.41, 5.74) is 2.50. The van der Waals surface area contributed by atoms with E-state index in [0.717, 1.165) is 57.6 Å². The minimum absolute atomic E-state index is 0.191. The number of piperidine rings is 2. The highest BCUT2D eigenvalue weighted by atomic mass is 16.5. The van der Waals surface area contributed by atoms with Crippen molar-refractivity contribution in [1.29, 1.82) is 0 Å². The summed E-state index contributed by atoms with van der Waals surface area (Å²) in [6, 6.07) is 30.9. The lowest BCUT2D eigenvalue weighted by Gasteiger charge is -2.42. The van der Waals surface area contributed by atoms with Crippen molar-refractivity contribution in [2.45, 2.75) is 44.3 Å². The second-order valence-corrected chi connectivity index (χ2v) is 10.9. The van der Waals surface area contributed by atoms with Gasteiger partial charge >= 0.3 is 0 Å². The summed E-state index contributed by atoms with van der Waals surface area (Å²) in [6.45, 7) is 4.23. The number of anilines is 2. The highest BCUT2D eigenvalue weighted by Gasteiger charge is 2.38. The Morgan fingerprint density at radius 3 is 1.42 bits per heavy atom. The van der Waals surface area contributed by atoms with Crippen molar-refractivity contribution >= 4 is 11.4 Å². The summed E-state index contributed by atoms with van der Waals surface area (Å²) in [7, 11) is 0. The van der Waals surface area contributed by atoms with Gasteiger partial charge in [0, 0.05) is 43.5 Å². The SMILES string of the molecule is OC(C1CCN(c2ccccc2)CC1)C(CCOc1ccccc1)C(O)C1CCN(c2ccccc2)CC1. The molecule has 3 aromatic rings. The average molecular weight is 515 g/mol. The number of aliphatic hydroxyl groups excluding tert-OH is 2. The molecule has 0 bridgehead atoms. The molecule has 0 spiro atoms. The number of ether oxygens (including phenoxy) is 1. The zero-order valence-corrected chi connectivity index (χ0v) is 22.3. The fourth-order valence-electron chi connectivity index (χ4n) is 6.35. The lowest BCUT2D eigenvalue weighted by atomic mass is 9.75. The second kappa shape index (κ2) is 13.2. The van der Waals surface area contributed by atoms with Crippen LogP contribution >= 0.6 is 0 Å². The van der Waals surface area contributed by atoms with Crippen LogP contribution in [-0.4, -0.2) is 55.2 Å². The maximum absolute atomic E-state index is 11.7. The molecule has 5 nitrogen and oxygen atoms in total. The van der Waals surface area contributed by atoms with E-state index in [1.54, 1.807) is 0 Å². The van der Waals surface area contributed by atoms with Crippen molar-refractivity contribution in [2.75, 3.05) is 42.6 Å². The first-order valence-electron chi connectivity index (χ1n) is 14.3. The van der Waals surface area contributed by atoms with Crippen molar-refractivity contribution in [3.63, 3.8) is 0 Å². The number of para-hydroxylation sites is 3. The highest BCUT2D eigenvalue weighted by molar-refractivity contribution is 5.47. The van der Waals surface area contributed by atoms with Gasteiger partial charge in [-0.15, -0.1) is 0 Å². The summed E-state index contributed by atoms with van der Waals surface area (Å²) >= 11 is 0. The van der Waals surface area contributed by atoms with Crippen LogP contribution in [0.4, 0.5) is 11.4 Å². The van der Waals surface area contributed by atoms with Crippen LogP contribution in [0.1, 0.15) is 32.1 Å². The number of rotatable bonds is 10.